The van der Waals surface area contributed by atoms with E-state index in [4.69, 9.17) is 9.15 Å². The number of rotatable bonds is 7. The minimum absolute atomic E-state index is 0.0398. The van der Waals surface area contributed by atoms with Gasteiger partial charge in [0.25, 0.3) is 0 Å². The van der Waals surface area contributed by atoms with Gasteiger partial charge in [-0.2, -0.15) is 0 Å². The lowest BCUT2D eigenvalue weighted by molar-refractivity contribution is 0.184. The third-order valence-corrected chi connectivity index (χ3v) is 4.41. The van der Waals surface area contributed by atoms with Gasteiger partial charge in [-0.25, -0.2) is 4.98 Å². The highest BCUT2D eigenvalue weighted by atomic mass is 32.2. The fourth-order valence-electron chi connectivity index (χ4n) is 2.10. The highest BCUT2D eigenvalue weighted by molar-refractivity contribution is 7.99. The van der Waals surface area contributed by atoms with E-state index in [1.54, 1.807) is 31.4 Å². The smallest absolute Gasteiger partial charge is 0.208 e. The van der Waals surface area contributed by atoms with Crippen LogP contribution in [0, 0.1) is 0 Å². The van der Waals surface area contributed by atoms with Crippen LogP contribution in [0.1, 0.15) is 18.1 Å². The summed E-state index contributed by atoms with van der Waals surface area (Å²) in [5.41, 5.74) is 1.02. The average molecular weight is 330 g/mol. The van der Waals surface area contributed by atoms with Gasteiger partial charge < -0.3 is 13.7 Å². The van der Waals surface area contributed by atoms with E-state index in [0.717, 1.165) is 23.0 Å². The van der Waals surface area contributed by atoms with E-state index >= 15 is 0 Å². The van der Waals surface area contributed by atoms with Gasteiger partial charge in [-0.3, -0.25) is 0 Å². The van der Waals surface area contributed by atoms with Gasteiger partial charge in [0, 0.05) is 19.2 Å². The topological polar surface area (TPSA) is 66.0 Å². The summed E-state index contributed by atoms with van der Waals surface area (Å²) in [4.78, 5) is 4.40. The van der Waals surface area contributed by atoms with Crippen molar-refractivity contribution in [1.82, 2.24) is 19.7 Å². The monoisotopic (exact) mass is 330 g/mol. The molecule has 0 saturated carbocycles. The third kappa shape index (κ3) is 3.80. The Bertz CT molecular complexity index is 741. The molecule has 0 aliphatic heterocycles. The molecule has 7 heteroatoms. The van der Waals surface area contributed by atoms with Crippen molar-refractivity contribution in [2.24, 2.45) is 0 Å². The maximum atomic E-state index is 5.89. The number of benzene rings is 1. The number of hydrogen-bond acceptors (Lipinski definition) is 6. The van der Waals surface area contributed by atoms with Crippen LogP contribution in [-0.2, 0) is 11.3 Å². The van der Waals surface area contributed by atoms with Gasteiger partial charge in [-0.05, 0) is 6.92 Å². The highest BCUT2D eigenvalue weighted by Crippen LogP contribution is 2.34. The van der Waals surface area contributed by atoms with Crippen molar-refractivity contribution in [2.45, 2.75) is 23.9 Å². The first-order valence-corrected chi connectivity index (χ1v) is 8.20. The number of oxazole rings is 1. The molecule has 1 aromatic carbocycles. The Morgan fingerprint density at radius 2 is 2.13 bits per heavy atom. The van der Waals surface area contributed by atoms with Crippen LogP contribution in [0.5, 0.6) is 0 Å². The zero-order chi connectivity index (χ0) is 16.1. The lowest BCUT2D eigenvalue weighted by Crippen LogP contribution is -2.05. The van der Waals surface area contributed by atoms with Crippen LogP contribution in [0.15, 0.2) is 52.4 Å². The number of ether oxygens (including phenoxy) is 1. The summed E-state index contributed by atoms with van der Waals surface area (Å²) in [6.07, 6.45) is 3.47. The van der Waals surface area contributed by atoms with Crippen LogP contribution < -0.4 is 0 Å². The molecule has 1 atom stereocenters. The van der Waals surface area contributed by atoms with Crippen molar-refractivity contribution in [1.29, 1.82) is 0 Å². The van der Waals surface area contributed by atoms with Crippen LogP contribution in [0.3, 0.4) is 0 Å². The SMILES string of the molecule is COCCn1cnnc1S[C@H](C)c1ncc(-c2ccccc2)o1. The van der Waals surface area contributed by atoms with Crippen molar-refractivity contribution in [3.05, 3.63) is 48.7 Å². The standard InChI is InChI=1S/C16H18N4O2S/c1-12(23-16-19-18-11-20(16)8-9-21-2)15-17-10-14(22-15)13-6-4-3-5-7-13/h3-7,10-12H,8-9H2,1-2H3/t12-/m1/s1. The first-order valence-electron chi connectivity index (χ1n) is 7.32. The Morgan fingerprint density at radius 1 is 1.30 bits per heavy atom. The van der Waals surface area contributed by atoms with Gasteiger partial charge in [0.05, 0.1) is 18.1 Å². The van der Waals surface area contributed by atoms with Crippen LogP contribution in [0.25, 0.3) is 11.3 Å². The molecule has 0 saturated heterocycles. The van der Waals surface area contributed by atoms with E-state index in [9.17, 15) is 0 Å². The number of thioether (sulfide) groups is 1. The molecule has 6 nitrogen and oxygen atoms in total. The minimum atomic E-state index is 0.0398. The lowest BCUT2D eigenvalue weighted by Gasteiger charge is -2.08. The van der Waals surface area contributed by atoms with Crippen molar-refractivity contribution < 1.29 is 9.15 Å². The summed E-state index contributed by atoms with van der Waals surface area (Å²) in [5.74, 6) is 1.45. The quantitative estimate of drug-likeness (QED) is 0.618. The van der Waals surface area contributed by atoms with Gasteiger partial charge in [0.15, 0.2) is 10.9 Å². The Kier molecular flexibility index (Phi) is 5.09. The van der Waals surface area contributed by atoms with E-state index in [1.165, 1.54) is 0 Å². The largest absolute Gasteiger partial charge is 0.440 e. The molecule has 23 heavy (non-hydrogen) atoms. The van der Waals surface area contributed by atoms with Gasteiger partial charge in [0.2, 0.25) is 5.89 Å². The average Bonchev–Trinajstić information content (AvgIpc) is 3.23. The predicted molar refractivity (Wildman–Crippen MR) is 88.1 cm³/mol. The van der Waals surface area contributed by atoms with Gasteiger partial charge in [-0.1, -0.05) is 42.1 Å². The molecule has 3 rings (SSSR count). The molecular formula is C16H18N4O2S. The molecule has 0 N–H and O–H groups in total. The summed E-state index contributed by atoms with van der Waals surface area (Å²) < 4.78 is 12.9. The Morgan fingerprint density at radius 3 is 2.91 bits per heavy atom. The molecule has 2 aromatic heterocycles. The minimum Gasteiger partial charge on any atom is -0.440 e. The lowest BCUT2D eigenvalue weighted by atomic mass is 10.2. The number of methoxy groups -OCH3 is 1. The van der Waals surface area contributed by atoms with E-state index in [1.807, 2.05) is 41.8 Å². The van der Waals surface area contributed by atoms with E-state index in [-0.39, 0.29) is 5.25 Å². The molecule has 0 spiro atoms. The molecule has 0 unspecified atom stereocenters. The van der Waals surface area contributed by atoms with Gasteiger partial charge >= 0.3 is 0 Å². The summed E-state index contributed by atoms with van der Waals surface area (Å²) in [6, 6.07) is 9.95. The number of aromatic nitrogens is 4. The fourth-order valence-corrected chi connectivity index (χ4v) is 2.99. The molecule has 0 amide bonds. The van der Waals surface area contributed by atoms with E-state index in [0.29, 0.717) is 12.5 Å². The molecule has 3 aromatic rings. The van der Waals surface area contributed by atoms with Gasteiger partial charge in [0.1, 0.15) is 6.33 Å². The second-order valence-corrected chi connectivity index (χ2v) is 6.30. The summed E-state index contributed by atoms with van der Waals surface area (Å²) in [5, 5.41) is 8.98. The molecule has 0 aliphatic rings. The molecule has 2 heterocycles. The molecule has 120 valence electrons. The number of nitrogens with zero attached hydrogens (tertiary/aromatic N) is 4. The molecule has 0 fully saturated rings. The molecule has 0 radical (unpaired) electrons. The summed E-state index contributed by atoms with van der Waals surface area (Å²) in [7, 11) is 1.68. The fraction of sp³-hybridized carbons (Fsp3) is 0.312. The predicted octanol–water partition coefficient (Wildman–Crippen LogP) is 3.43. The van der Waals surface area contributed by atoms with E-state index in [2.05, 4.69) is 15.2 Å². The summed E-state index contributed by atoms with van der Waals surface area (Å²) >= 11 is 1.57. The number of hydrogen-bond donors (Lipinski definition) is 0. The van der Waals surface area contributed by atoms with Crippen LogP contribution >= 0.6 is 11.8 Å². The van der Waals surface area contributed by atoms with Crippen molar-refractivity contribution >= 4 is 11.8 Å². The first-order chi connectivity index (χ1) is 11.3. The Balaban J connectivity index is 1.71. The van der Waals surface area contributed by atoms with Crippen LogP contribution in [0.4, 0.5) is 0 Å². The Labute approximate surface area is 138 Å². The normalized spacial score (nSPS) is 12.4. The van der Waals surface area contributed by atoms with Crippen molar-refractivity contribution in [3.8, 4) is 11.3 Å². The first kappa shape index (κ1) is 15.8. The maximum Gasteiger partial charge on any atom is 0.208 e. The second-order valence-electron chi connectivity index (χ2n) is 4.99. The molecule has 0 aliphatic carbocycles. The van der Waals surface area contributed by atoms with Crippen LogP contribution in [-0.4, -0.2) is 33.5 Å². The van der Waals surface area contributed by atoms with E-state index < -0.39 is 0 Å². The zero-order valence-electron chi connectivity index (χ0n) is 13.0. The molecular weight excluding hydrogens is 312 g/mol. The Hall–Kier alpha value is -2.12. The zero-order valence-corrected chi connectivity index (χ0v) is 13.9. The summed E-state index contributed by atoms with van der Waals surface area (Å²) in [6.45, 7) is 3.39. The van der Waals surface area contributed by atoms with Crippen molar-refractivity contribution in [2.75, 3.05) is 13.7 Å². The van der Waals surface area contributed by atoms with Crippen LogP contribution in [0.2, 0.25) is 0 Å². The third-order valence-electron chi connectivity index (χ3n) is 3.33. The van der Waals surface area contributed by atoms with Gasteiger partial charge in [-0.15, -0.1) is 10.2 Å². The second kappa shape index (κ2) is 7.43. The van der Waals surface area contributed by atoms with Crippen molar-refractivity contribution in [3.63, 3.8) is 0 Å². The maximum absolute atomic E-state index is 5.89. The highest BCUT2D eigenvalue weighted by Gasteiger charge is 2.17. The molecule has 0 bridgehead atoms.